The molecule has 0 radical (unpaired) electrons. The Kier molecular flexibility index (Phi) is 7.39. The number of methoxy groups -OCH3 is 2. The predicted octanol–water partition coefficient (Wildman–Crippen LogP) is 3.06. The molecule has 1 aromatic carbocycles. The zero-order chi connectivity index (χ0) is 21.6. The van der Waals surface area contributed by atoms with Crippen molar-refractivity contribution in [1.82, 2.24) is 9.97 Å². The Bertz CT molecular complexity index is 872. The van der Waals surface area contributed by atoms with E-state index in [0.29, 0.717) is 42.1 Å². The van der Waals surface area contributed by atoms with Crippen LogP contribution in [0.15, 0.2) is 18.2 Å². The first-order valence-corrected chi connectivity index (χ1v) is 9.65. The molecule has 8 nitrogen and oxygen atoms in total. The molecule has 29 heavy (non-hydrogen) atoms. The van der Waals surface area contributed by atoms with Crippen molar-refractivity contribution in [2.75, 3.05) is 25.3 Å². The average Bonchev–Trinajstić information content (AvgIpc) is 2.70. The van der Waals surface area contributed by atoms with Crippen LogP contribution in [0.4, 0.5) is 11.8 Å². The number of nitrogen functional groups attached to an aromatic ring is 1. The molecule has 0 spiro atoms. The molecule has 0 fully saturated rings. The molecular weight excluding hydrogens is 372 g/mol. The summed E-state index contributed by atoms with van der Waals surface area (Å²) < 4.78 is 10.2. The highest BCUT2D eigenvalue weighted by molar-refractivity contribution is 5.90. The van der Waals surface area contributed by atoms with Gasteiger partial charge in [-0.25, -0.2) is 9.78 Å². The van der Waals surface area contributed by atoms with Crippen LogP contribution < -0.4 is 15.8 Å². The van der Waals surface area contributed by atoms with E-state index in [0.717, 1.165) is 17.5 Å². The first kappa shape index (κ1) is 22.4. The number of ether oxygens (including phenoxy) is 2. The summed E-state index contributed by atoms with van der Waals surface area (Å²) in [5, 5.41) is 14.0. The number of nitrogens with one attached hydrogen (secondary N) is 1. The number of nitrogens with zero attached hydrogens (tertiary/aromatic N) is 2. The molecule has 1 heterocycles. The average molecular weight is 402 g/mol. The monoisotopic (exact) mass is 402 g/mol. The summed E-state index contributed by atoms with van der Waals surface area (Å²) in [6.45, 7) is 5.77. The summed E-state index contributed by atoms with van der Waals surface area (Å²) in [6, 6.07) is 5.13. The lowest BCUT2D eigenvalue weighted by Crippen LogP contribution is -2.38. The summed E-state index contributed by atoms with van der Waals surface area (Å²) in [4.78, 5) is 20.4. The number of benzene rings is 1. The van der Waals surface area contributed by atoms with E-state index >= 15 is 0 Å². The van der Waals surface area contributed by atoms with Crippen molar-refractivity contribution >= 4 is 17.7 Å². The Morgan fingerprint density at radius 1 is 1.28 bits per heavy atom. The Hall–Kier alpha value is -2.87. The van der Waals surface area contributed by atoms with Crippen LogP contribution in [-0.4, -0.2) is 41.0 Å². The number of anilines is 2. The van der Waals surface area contributed by atoms with Crippen LogP contribution in [0.5, 0.6) is 5.75 Å². The van der Waals surface area contributed by atoms with E-state index in [-0.39, 0.29) is 5.95 Å². The largest absolute Gasteiger partial charge is 0.496 e. The van der Waals surface area contributed by atoms with Gasteiger partial charge >= 0.3 is 5.97 Å². The number of aromatic nitrogens is 2. The number of esters is 1. The fraction of sp³-hybridized carbons (Fsp3) is 0.476. The number of aliphatic hydroxyl groups is 1. The second-order valence-electron chi connectivity index (χ2n) is 6.95. The number of carbonyl (C=O) groups excluding carboxylic acids is 1. The third-order valence-electron chi connectivity index (χ3n) is 4.91. The molecule has 1 aromatic heterocycles. The van der Waals surface area contributed by atoms with Crippen LogP contribution in [0.3, 0.4) is 0 Å². The summed E-state index contributed by atoms with van der Waals surface area (Å²) in [5.41, 5.74) is 7.52. The smallest absolute Gasteiger partial charge is 0.337 e. The van der Waals surface area contributed by atoms with Crippen LogP contribution in [0.2, 0.25) is 0 Å². The van der Waals surface area contributed by atoms with Gasteiger partial charge in [0.25, 0.3) is 0 Å². The number of nitrogens with two attached hydrogens (primary N) is 1. The molecule has 0 aliphatic carbocycles. The number of aryl methyl sites for hydroxylation is 1. The van der Waals surface area contributed by atoms with E-state index < -0.39 is 11.7 Å². The van der Waals surface area contributed by atoms with Crippen molar-refractivity contribution in [3.63, 3.8) is 0 Å². The number of rotatable bonds is 9. The predicted molar refractivity (Wildman–Crippen MR) is 112 cm³/mol. The highest BCUT2D eigenvalue weighted by Gasteiger charge is 2.26. The van der Waals surface area contributed by atoms with Gasteiger partial charge in [0.05, 0.1) is 19.8 Å². The standard InChI is InChI=1S/C21H30N4O4/c1-6-10-21(27,7-2)25-18-16(13(3)23-20(22)24-18)11-14-8-9-15(19(26)29-5)12-17(14)28-4/h8-9,12,27H,6-7,10-11H2,1-5H3,(H3,22,23,24,25)/t21-/m0/s1. The minimum Gasteiger partial charge on any atom is -0.496 e. The molecule has 2 rings (SSSR count). The van der Waals surface area contributed by atoms with Gasteiger partial charge in [-0.05, 0) is 37.5 Å². The highest BCUT2D eigenvalue weighted by Crippen LogP contribution is 2.30. The van der Waals surface area contributed by atoms with Gasteiger partial charge < -0.3 is 25.6 Å². The van der Waals surface area contributed by atoms with E-state index in [1.165, 1.54) is 7.11 Å². The zero-order valence-corrected chi connectivity index (χ0v) is 17.7. The van der Waals surface area contributed by atoms with E-state index in [1.807, 2.05) is 26.8 Å². The van der Waals surface area contributed by atoms with E-state index in [1.54, 1.807) is 19.2 Å². The fourth-order valence-electron chi connectivity index (χ4n) is 3.22. The third kappa shape index (κ3) is 5.35. The van der Waals surface area contributed by atoms with Crippen molar-refractivity contribution < 1.29 is 19.4 Å². The minimum absolute atomic E-state index is 0.136. The summed E-state index contributed by atoms with van der Waals surface area (Å²) in [7, 11) is 2.88. The van der Waals surface area contributed by atoms with Gasteiger partial charge in [-0.3, -0.25) is 0 Å². The molecule has 8 heteroatoms. The Morgan fingerprint density at radius 2 is 2.00 bits per heavy atom. The Morgan fingerprint density at radius 3 is 2.59 bits per heavy atom. The maximum atomic E-state index is 11.8. The SMILES string of the molecule is CCC[C@@](O)(CC)Nc1nc(N)nc(C)c1Cc1ccc(C(=O)OC)cc1OC. The lowest BCUT2D eigenvalue weighted by molar-refractivity contribution is 0.0553. The Balaban J connectivity index is 2.46. The van der Waals surface area contributed by atoms with Gasteiger partial charge in [0.15, 0.2) is 0 Å². The number of hydrogen-bond donors (Lipinski definition) is 3. The van der Waals surface area contributed by atoms with Crippen molar-refractivity contribution in [2.24, 2.45) is 0 Å². The quantitative estimate of drug-likeness (QED) is 0.432. The second kappa shape index (κ2) is 9.56. The second-order valence-corrected chi connectivity index (χ2v) is 6.95. The van der Waals surface area contributed by atoms with Crippen LogP contribution >= 0.6 is 0 Å². The van der Waals surface area contributed by atoms with E-state index in [2.05, 4.69) is 15.3 Å². The van der Waals surface area contributed by atoms with Crippen molar-refractivity contribution in [3.05, 3.63) is 40.6 Å². The van der Waals surface area contributed by atoms with Crippen LogP contribution in [0.1, 0.15) is 60.3 Å². The molecule has 0 unspecified atom stereocenters. The van der Waals surface area contributed by atoms with Gasteiger partial charge in [0.2, 0.25) is 5.95 Å². The van der Waals surface area contributed by atoms with Crippen LogP contribution in [-0.2, 0) is 11.2 Å². The Labute approximate surface area is 171 Å². The molecule has 0 aliphatic rings. The highest BCUT2D eigenvalue weighted by atomic mass is 16.5. The third-order valence-corrected chi connectivity index (χ3v) is 4.91. The first-order valence-electron chi connectivity index (χ1n) is 9.65. The molecule has 0 amide bonds. The molecule has 0 saturated carbocycles. The molecule has 1 atom stereocenters. The molecule has 0 aliphatic heterocycles. The molecule has 4 N–H and O–H groups in total. The summed E-state index contributed by atoms with van der Waals surface area (Å²) in [6.07, 6.45) is 2.34. The fourth-order valence-corrected chi connectivity index (χ4v) is 3.22. The maximum absolute atomic E-state index is 11.8. The lowest BCUT2D eigenvalue weighted by atomic mass is 10.00. The first-order chi connectivity index (χ1) is 13.8. The minimum atomic E-state index is -1.09. The van der Waals surface area contributed by atoms with Gasteiger partial charge in [-0.15, -0.1) is 0 Å². The normalized spacial score (nSPS) is 12.9. The van der Waals surface area contributed by atoms with E-state index in [4.69, 9.17) is 15.2 Å². The number of carbonyl (C=O) groups is 1. The topological polar surface area (TPSA) is 120 Å². The van der Waals surface area contributed by atoms with Crippen molar-refractivity contribution in [2.45, 2.75) is 52.2 Å². The molecule has 0 saturated heterocycles. The van der Waals surface area contributed by atoms with Crippen LogP contribution in [0.25, 0.3) is 0 Å². The molecule has 0 bridgehead atoms. The lowest BCUT2D eigenvalue weighted by Gasteiger charge is -2.29. The van der Waals surface area contributed by atoms with Crippen molar-refractivity contribution in [3.8, 4) is 5.75 Å². The molecule has 2 aromatic rings. The van der Waals surface area contributed by atoms with E-state index in [9.17, 15) is 9.90 Å². The van der Waals surface area contributed by atoms with Gasteiger partial charge in [0.1, 0.15) is 17.3 Å². The zero-order valence-electron chi connectivity index (χ0n) is 17.7. The summed E-state index contributed by atoms with van der Waals surface area (Å²) >= 11 is 0. The maximum Gasteiger partial charge on any atom is 0.337 e. The van der Waals surface area contributed by atoms with Crippen molar-refractivity contribution in [1.29, 1.82) is 0 Å². The summed E-state index contributed by atoms with van der Waals surface area (Å²) in [5.74, 6) is 0.745. The number of hydrogen-bond acceptors (Lipinski definition) is 8. The van der Waals surface area contributed by atoms with Gasteiger partial charge in [0, 0.05) is 17.7 Å². The molecule has 158 valence electrons. The van der Waals surface area contributed by atoms with Gasteiger partial charge in [-0.1, -0.05) is 26.3 Å². The van der Waals surface area contributed by atoms with Gasteiger partial charge in [-0.2, -0.15) is 4.98 Å². The molecular formula is C21H30N4O4. The van der Waals surface area contributed by atoms with Crippen LogP contribution in [0, 0.1) is 6.92 Å².